The number of guanidine groups is 1. The molecule has 1 aliphatic rings. The summed E-state index contributed by atoms with van der Waals surface area (Å²) >= 11 is 0. The van der Waals surface area contributed by atoms with E-state index < -0.39 is 10.0 Å². The van der Waals surface area contributed by atoms with Crippen LogP contribution in [0.2, 0.25) is 0 Å². The summed E-state index contributed by atoms with van der Waals surface area (Å²) in [5, 5.41) is 11.9. The molecule has 1 aliphatic carbocycles. The normalized spacial score (nSPS) is 15.0. The number of primary sulfonamides is 1. The largest absolute Gasteiger partial charge is 0.469 e. The van der Waals surface area contributed by atoms with Gasteiger partial charge >= 0.3 is 0 Å². The predicted octanol–water partition coefficient (Wildman–Crippen LogP) is 3.10. The van der Waals surface area contributed by atoms with Crippen LogP contribution in [0, 0.1) is 0 Å². The summed E-state index contributed by atoms with van der Waals surface area (Å²) in [5.74, 6) is 1.65. The number of allylic oxidation sites excluding steroid dienone is 1. The molecule has 2 aromatic rings. The third kappa shape index (κ3) is 7.35. The molecule has 8 heteroatoms. The van der Waals surface area contributed by atoms with Crippen LogP contribution in [0.3, 0.4) is 0 Å². The molecule has 0 aliphatic heterocycles. The van der Waals surface area contributed by atoms with Gasteiger partial charge < -0.3 is 15.1 Å². The lowest BCUT2D eigenvalue weighted by molar-refractivity contribution is 0.506. The van der Waals surface area contributed by atoms with Gasteiger partial charge in [-0.25, -0.2) is 18.5 Å². The molecule has 1 aromatic heterocycles. The first-order chi connectivity index (χ1) is 14.5. The summed E-state index contributed by atoms with van der Waals surface area (Å²) in [6.45, 7) is 1.96. The van der Waals surface area contributed by atoms with Gasteiger partial charge in [-0.05, 0) is 61.9 Å². The maximum absolute atomic E-state index is 11.4. The minimum absolute atomic E-state index is 0.103. The summed E-state index contributed by atoms with van der Waals surface area (Å²) in [6, 6.07) is 10.3. The van der Waals surface area contributed by atoms with Crippen molar-refractivity contribution in [1.29, 1.82) is 0 Å². The number of hydrogen-bond acceptors (Lipinski definition) is 4. The van der Waals surface area contributed by atoms with Gasteiger partial charge in [-0.3, -0.25) is 0 Å². The Hall–Kier alpha value is -2.58. The summed E-state index contributed by atoms with van der Waals surface area (Å²) in [7, 11) is -3.68. The molecule has 30 heavy (non-hydrogen) atoms. The molecule has 0 fully saturated rings. The number of nitrogens with one attached hydrogen (secondary N) is 2. The number of furan rings is 1. The Labute approximate surface area is 178 Å². The first-order valence-corrected chi connectivity index (χ1v) is 11.9. The Bertz CT molecular complexity index is 949. The lowest BCUT2D eigenvalue weighted by Gasteiger charge is -2.15. The highest BCUT2D eigenvalue weighted by atomic mass is 32.2. The van der Waals surface area contributed by atoms with Crippen molar-refractivity contribution in [3.63, 3.8) is 0 Å². The SMILES string of the molecule is NS(=O)(=O)c1ccc(CN=C(NCCC2=CCCCC2)NCCc2ccco2)cc1. The molecule has 0 radical (unpaired) electrons. The maximum atomic E-state index is 11.4. The first-order valence-electron chi connectivity index (χ1n) is 10.3. The van der Waals surface area contributed by atoms with Crippen molar-refractivity contribution in [3.8, 4) is 0 Å². The van der Waals surface area contributed by atoms with Gasteiger partial charge in [-0.1, -0.05) is 23.8 Å². The Morgan fingerprint density at radius 3 is 2.47 bits per heavy atom. The van der Waals surface area contributed by atoms with Crippen LogP contribution in [0.1, 0.15) is 43.4 Å². The van der Waals surface area contributed by atoms with Gasteiger partial charge in [0.1, 0.15) is 5.76 Å². The zero-order valence-electron chi connectivity index (χ0n) is 17.1. The fourth-order valence-corrected chi connectivity index (χ4v) is 3.88. The molecule has 0 amide bonds. The average Bonchev–Trinajstić information content (AvgIpc) is 3.25. The van der Waals surface area contributed by atoms with E-state index in [1.54, 1.807) is 18.4 Å². The lowest BCUT2D eigenvalue weighted by Crippen LogP contribution is -2.39. The molecular formula is C22H30N4O3S. The summed E-state index contributed by atoms with van der Waals surface area (Å²) in [4.78, 5) is 4.75. The number of nitrogens with two attached hydrogens (primary N) is 1. The van der Waals surface area contributed by atoms with E-state index in [9.17, 15) is 8.42 Å². The lowest BCUT2D eigenvalue weighted by atomic mass is 9.97. The average molecular weight is 431 g/mol. The van der Waals surface area contributed by atoms with Gasteiger partial charge in [0.2, 0.25) is 10.0 Å². The van der Waals surface area contributed by atoms with Crippen LogP contribution in [0.5, 0.6) is 0 Å². The molecule has 0 unspecified atom stereocenters. The molecule has 0 saturated carbocycles. The third-order valence-corrected chi connectivity index (χ3v) is 5.97. The molecule has 162 valence electrons. The van der Waals surface area contributed by atoms with Crippen LogP contribution in [0.25, 0.3) is 0 Å². The molecule has 0 atom stereocenters. The van der Waals surface area contributed by atoms with Crippen LogP contribution in [-0.2, 0) is 23.0 Å². The minimum atomic E-state index is -3.68. The van der Waals surface area contributed by atoms with Crippen molar-refractivity contribution in [2.24, 2.45) is 10.1 Å². The Morgan fingerprint density at radius 1 is 1.07 bits per heavy atom. The van der Waals surface area contributed by atoms with Crippen LogP contribution in [0.15, 0.2) is 68.6 Å². The molecular weight excluding hydrogens is 400 g/mol. The van der Waals surface area contributed by atoms with Crippen LogP contribution >= 0.6 is 0 Å². The maximum Gasteiger partial charge on any atom is 0.238 e. The van der Waals surface area contributed by atoms with E-state index in [2.05, 4.69) is 21.7 Å². The zero-order valence-corrected chi connectivity index (χ0v) is 18.0. The van der Waals surface area contributed by atoms with Crippen molar-refractivity contribution < 1.29 is 12.8 Å². The van der Waals surface area contributed by atoms with Gasteiger partial charge in [-0.15, -0.1) is 0 Å². The summed E-state index contributed by atoms with van der Waals surface area (Å²) < 4.78 is 28.2. The number of nitrogens with zero attached hydrogens (tertiary/aromatic N) is 1. The van der Waals surface area contributed by atoms with Gasteiger partial charge in [0.05, 0.1) is 17.7 Å². The van der Waals surface area contributed by atoms with Crippen molar-refractivity contribution in [2.45, 2.75) is 50.0 Å². The van der Waals surface area contributed by atoms with E-state index in [1.165, 1.54) is 43.4 Å². The van der Waals surface area contributed by atoms with Gasteiger partial charge in [0.25, 0.3) is 0 Å². The fourth-order valence-electron chi connectivity index (χ4n) is 3.36. The highest BCUT2D eigenvalue weighted by Gasteiger charge is 2.07. The zero-order chi connectivity index (χ0) is 21.2. The van der Waals surface area contributed by atoms with E-state index >= 15 is 0 Å². The minimum Gasteiger partial charge on any atom is -0.469 e. The Balaban J connectivity index is 1.57. The highest BCUT2D eigenvalue weighted by Crippen LogP contribution is 2.19. The fraction of sp³-hybridized carbons (Fsp3) is 0.409. The highest BCUT2D eigenvalue weighted by molar-refractivity contribution is 7.89. The molecule has 3 rings (SSSR count). The second kappa shape index (κ2) is 11.0. The van der Waals surface area contributed by atoms with Crippen molar-refractivity contribution in [2.75, 3.05) is 13.1 Å². The number of hydrogen-bond donors (Lipinski definition) is 3. The van der Waals surface area contributed by atoms with E-state index in [4.69, 9.17) is 9.56 Å². The van der Waals surface area contributed by atoms with Crippen molar-refractivity contribution in [1.82, 2.24) is 10.6 Å². The van der Waals surface area contributed by atoms with Crippen LogP contribution in [-0.4, -0.2) is 27.5 Å². The molecule has 0 saturated heterocycles. The van der Waals surface area contributed by atoms with Gasteiger partial charge in [0, 0.05) is 19.5 Å². The molecule has 0 spiro atoms. The van der Waals surface area contributed by atoms with E-state index in [0.717, 1.165) is 36.7 Å². The van der Waals surface area contributed by atoms with E-state index in [-0.39, 0.29) is 4.90 Å². The van der Waals surface area contributed by atoms with Crippen LogP contribution < -0.4 is 15.8 Å². The summed E-state index contributed by atoms with van der Waals surface area (Å²) in [5.41, 5.74) is 2.42. The Morgan fingerprint density at radius 2 is 1.83 bits per heavy atom. The van der Waals surface area contributed by atoms with Crippen molar-refractivity contribution >= 4 is 16.0 Å². The number of sulfonamides is 1. The number of aliphatic imine (C=N–C) groups is 1. The van der Waals surface area contributed by atoms with Crippen LogP contribution in [0.4, 0.5) is 0 Å². The molecule has 1 heterocycles. The first kappa shape index (κ1) is 22.1. The number of benzene rings is 1. The van der Waals surface area contributed by atoms with Gasteiger partial charge in [-0.2, -0.15) is 0 Å². The molecule has 0 bridgehead atoms. The topological polar surface area (TPSA) is 110 Å². The van der Waals surface area contributed by atoms with Crippen molar-refractivity contribution in [3.05, 3.63) is 65.6 Å². The third-order valence-electron chi connectivity index (χ3n) is 5.04. The second-order valence-electron chi connectivity index (χ2n) is 7.39. The smallest absolute Gasteiger partial charge is 0.238 e. The van der Waals surface area contributed by atoms with E-state index in [1.807, 2.05) is 12.1 Å². The standard InChI is InChI=1S/C22H30N4O3S/c23-30(27,28)21-10-8-19(9-11-21)17-26-22(25-15-13-20-7-4-16-29-20)24-14-12-18-5-2-1-3-6-18/h4-5,7-11,16H,1-3,6,12-15,17H2,(H2,23,27,28)(H2,24,25,26). The summed E-state index contributed by atoms with van der Waals surface area (Å²) in [6.07, 6.45) is 10.8. The second-order valence-corrected chi connectivity index (χ2v) is 8.96. The van der Waals surface area contributed by atoms with E-state index in [0.29, 0.717) is 13.1 Å². The molecule has 4 N–H and O–H groups in total. The molecule has 1 aromatic carbocycles. The number of rotatable bonds is 9. The molecule has 7 nitrogen and oxygen atoms in total. The monoisotopic (exact) mass is 430 g/mol. The quantitative estimate of drug-likeness (QED) is 0.322. The van der Waals surface area contributed by atoms with Gasteiger partial charge in [0.15, 0.2) is 5.96 Å². The Kier molecular flexibility index (Phi) is 8.10. The predicted molar refractivity (Wildman–Crippen MR) is 119 cm³/mol.